The highest BCUT2D eigenvalue weighted by molar-refractivity contribution is 8.00. The first-order valence-corrected chi connectivity index (χ1v) is 10.00. The third kappa shape index (κ3) is 6.82. The van der Waals surface area contributed by atoms with E-state index in [0.717, 1.165) is 15.5 Å². The first-order chi connectivity index (χ1) is 12.5. The van der Waals surface area contributed by atoms with Crippen molar-refractivity contribution in [2.75, 3.05) is 12.9 Å². The Bertz CT molecular complexity index is 739. The van der Waals surface area contributed by atoms with Crippen LogP contribution in [0.5, 0.6) is 5.75 Å². The van der Waals surface area contributed by atoms with E-state index in [-0.39, 0.29) is 22.8 Å². The fraction of sp³-hybridized carbons (Fsp3) is 0.222. The summed E-state index contributed by atoms with van der Waals surface area (Å²) < 4.78 is 5.10. The number of nitrogens with one attached hydrogen (secondary N) is 2. The Labute approximate surface area is 166 Å². The van der Waals surface area contributed by atoms with Gasteiger partial charge in [0.2, 0.25) is 5.91 Å². The van der Waals surface area contributed by atoms with Gasteiger partial charge in [-0.3, -0.25) is 20.4 Å². The minimum absolute atomic E-state index is 0.196. The van der Waals surface area contributed by atoms with E-state index in [1.165, 1.54) is 23.5 Å². The molecule has 138 valence electrons. The Morgan fingerprint density at radius 2 is 1.65 bits per heavy atom. The summed E-state index contributed by atoms with van der Waals surface area (Å²) in [6.45, 7) is 1.78. The summed E-state index contributed by atoms with van der Waals surface area (Å²) in [6.07, 6.45) is 0. The van der Waals surface area contributed by atoms with Crippen LogP contribution in [-0.2, 0) is 9.59 Å². The molecule has 0 bridgehead atoms. The highest BCUT2D eigenvalue weighted by Gasteiger charge is 2.15. The summed E-state index contributed by atoms with van der Waals surface area (Å²) in [5.41, 5.74) is 4.88. The predicted octanol–water partition coefficient (Wildman–Crippen LogP) is 3.77. The van der Waals surface area contributed by atoms with Crippen LogP contribution in [0.15, 0.2) is 58.3 Å². The zero-order chi connectivity index (χ0) is 18.9. The topological polar surface area (TPSA) is 67.4 Å². The molecule has 5 nitrogen and oxygen atoms in total. The molecule has 1 unspecified atom stereocenters. The number of methoxy groups -OCH3 is 1. The maximum absolute atomic E-state index is 12.1. The second-order valence-electron chi connectivity index (χ2n) is 5.22. The van der Waals surface area contributed by atoms with E-state index in [9.17, 15) is 9.59 Å². The Kier molecular flexibility index (Phi) is 8.15. The number of hydrogen-bond donors (Lipinski definition) is 2. The average molecular weight is 411 g/mol. The Hall–Kier alpha value is -1.83. The first kappa shape index (κ1) is 20.5. The van der Waals surface area contributed by atoms with Crippen LogP contribution in [0.3, 0.4) is 0 Å². The van der Waals surface area contributed by atoms with Gasteiger partial charge in [-0.25, -0.2) is 0 Å². The van der Waals surface area contributed by atoms with Crippen LogP contribution in [0.2, 0.25) is 5.02 Å². The van der Waals surface area contributed by atoms with Crippen LogP contribution in [0, 0.1) is 0 Å². The molecule has 0 fully saturated rings. The Balaban J connectivity index is 1.72. The lowest BCUT2D eigenvalue weighted by molar-refractivity contribution is -0.127. The van der Waals surface area contributed by atoms with Crippen molar-refractivity contribution < 1.29 is 14.3 Å². The zero-order valence-corrected chi connectivity index (χ0v) is 16.7. The second kappa shape index (κ2) is 10.4. The molecule has 2 aromatic carbocycles. The summed E-state index contributed by atoms with van der Waals surface area (Å²) in [5.74, 6) is 0.412. The summed E-state index contributed by atoms with van der Waals surface area (Å²) >= 11 is 8.58. The van der Waals surface area contributed by atoms with Crippen LogP contribution >= 0.6 is 35.1 Å². The third-order valence-corrected chi connectivity index (χ3v) is 5.63. The largest absolute Gasteiger partial charge is 0.497 e. The standard InChI is InChI=1S/C18H19ClN2O3S2/c1-12(26-16-9-5-14(24-2)6-10-16)18(23)21-20-17(22)11-25-15-7-3-13(19)4-8-15/h3-10,12H,11H2,1-2H3,(H,20,22)(H,21,23). The van der Waals surface area contributed by atoms with Gasteiger partial charge in [-0.1, -0.05) is 11.6 Å². The van der Waals surface area contributed by atoms with Crippen LogP contribution in [0.4, 0.5) is 0 Å². The van der Waals surface area contributed by atoms with Gasteiger partial charge in [0.05, 0.1) is 18.1 Å². The van der Waals surface area contributed by atoms with Gasteiger partial charge in [-0.05, 0) is 55.5 Å². The lowest BCUT2D eigenvalue weighted by Gasteiger charge is -2.13. The molecule has 0 aliphatic carbocycles. The number of carbonyl (C=O) groups excluding carboxylic acids is 2. The molecule has 0 radical (unpaired) electrons. The quantitative estimate of drug-likeness (QED) is 0.537. The van der Waals surface area contributed by atoms with Gasteiger partial charge in [0.15, 0.2) is 0 Å². The van der Waals surface area contributed by atoms with Crippen LogP contribution in [0.25, 0.3) is 0 Å². The minimum Gasteiger partial charge on any atom is -0.497 e. The first-order valence-electron chi connectivity index (χ1n) is 7.75. The normalized spacial score (nSPS) is 11.5. The highest BCUT2D eigenvalue weighted by atomic mass is 35.5. The minimum atomic E-state index is -0.354. The Morgan fingerprint density at radius 1 is 1.04 bits per heavy atom. The van der Waals surface area contributed by atoms with E-state index in [2.05, 4.69) is 10.9 Å². The fourth-order valence-electron chi connectivity index (χ4n) is 1.86. The van der Waals surface area contributed by atoms with E-state index in [4.69, 9.17) is 16.3 Å². The molecule has 26 heavy (non-hydrogen) atoms. The van der Waals surface area contributed by atoms with Crippen molar-refractivity contribution in [1.82, 2.24) is 10.9 Å². The number of rotatable bonds is 7. The maximum Gasteiger partial charge on any atom is 0.251 e. The van der Waals surface area contributed by atoms with Gasteiger partial charge in [0.1, 0.15) is 5.75 Å². The molecule has 0 spiro atoms. The number of hydrazine groups is 1. The van der Waals surface area contributed by atoms with Crippen LogP contribution in [-0.4, -0.2) is 29.9 Å². The van der Waals surface area contributed by atoms with Gasteiger partial charge >= 0.3 is 0 Å². The summed E-state index contributed by atoms with van der Waals surface area (Å²) in [4.78, 5) is 25.8. The molecule has 2 N–H and O–H groups in total. The number of thioether (sulfide) groups is 2. The van der Waals surface area contributed by atoms with Crippen molar-refractivity contribution in [3.05, 3.63) is 53.6 Å². The van der Waals surface area contributed by atoms with Crippen molar-refractivity contribution in [2.45, 2.75) is 22.0 Å². The summed E-state index contributed by atoms with van der Waals surface area (Å²) in [5, 5.41) is 0.294. The molecular weight excluding hydrogens is 392 g/mol. The summed E-state index contributed by atoms with van der Waals surface area (Å²) in [7, 11) is 1.60. The van der Waals surface area contributed by atoms with E-state index in [1.807, 2.05) is 36.4 Å². The molecule has 8 heteroatoms. The van der Waals surface area contributed by atoms with Crippen molar-refractivity contribution in [3.8, 4) is 5.75 Å². The molecule has 0 aromatic heterocycles. The number of benzene rings is 2. The molecule has 0 saturated heterocycles. The van der Waals surface area contributed by atoms with Gasteiger partial charge in [-0.2, -0.15) is 0 Å². The lowest BCUT2D eigenvalue weighted by Crippen LogP contribution is -2.45. The van der Waals surface area contributed by atoms with Gasteiger partial charge in [-0.15, -0.1) is 23.5 Å². The van der Waals surface area contributed by atoms with Crippen molar-refractivity contribution in [1.29, 1.82) is 0 Å². The average Bonchev–Trinajstić information content (AvgIpc) is 2.66. The van der Waals surface area contributed by atoms with Crippen LogP contribution < -0.4 is 15.6 Å². The molecule has 0 aliphatic heterocycles. The Morgan fingerprint density at radius 3 is 2.27 bits per heavy atom. The lowest BCUT2D eigenvalue weighted by atomic mass is 10.3. The molecule has 0 saturated carbocycles. The van der Waals surface area contributed by atoms with E-state index < -0.39 is 0 Å². The third-order valence-electron chi connectivity index (χ3n) is 3.25. The zero-order valence-electron chi connectivity index (χ0n) is 14.3. The fourth-order valence-corrected chi connectivity index (χ4v) is 3.55. The van der Waals surface area contributed by atoms with Crippen LogP contribution in [0.1, 0.15) is 6.92 Å². The summed E-state index contributed by atoms with van der Waals surface area (Å²) in [6, 6.07) is 14.6. The SMILES string of the molecule is COc1ccc(SC(C)C(=O)NNC(=O)CSc2ccc(Cl)cc2)cc1. The molecule has 2 rings (SSSR count). The van der Waals surface area contributed by atoms with Gasteiger partial charge < -0.3 is 4.74 Å². The van der Waals surface area contributed by atoms with Crippen molar-refractivity contribution in [2.24, 2.45) is 0 Å². The highest BCUT2D eigenvalue weighted by Crippen LogP contribution is 2.25. The van der Waals surface area contributed by atoms with Gasteiger partial charge in [0.25, 0.3) is 5.91 Å². The maximum atomic E-state index is 12.1. The molecule has 2 aromatic rings. The molecule has 0 aliphatic rings. The number of carbonyl (C=O) groups is 2. The molecule has 2 amide bonds. The second-order valence-corrected chi connectivity index (χ2v) is 8.12. The molecule has 1 atom stereocenters. The van der Waals surface area contributed by atoms with E-state index >= 15 is 0 Å². The number of halogens is 1. The van der Waals surface area contributed by atoms with Crippen molar-refractivity contribution >= 4 is 46.9 Å². The smallest absolute Gasteiger partial charge is 0.251 e. The van der Waals surface area contributed by atoms with Crippen molar-refractivity contribution in [3.63, 3.8) is 0 Å². The van der Waals surface area contributed by atoms with E-state index in [1.54, 1.807) is 26.2 Å². The number of hydrogen-bond acceptors (Lipinski definition) is 5. The number of ether oxygens (including phenoxy) is 1. The predicted molar refractivity (Wildman–Crippen MR) is 107 cm³/mol. The van der Waals surface area contributed by atoms with Gasteiger partial charge in [0, 0.05) is 14.8 Å². The molecular formula is C18H19ClN2O3S2. The monoisotopic (exact) mass is 410 g/mol. The molecule has 0 heterocycles. The van der Waals surface area contributed by atoms with E-state index in [0.29, 0.717) is 5.02 Å². The number of amides is 2.